The number of nitrogens with two attached hydrogens (primary N) is 1. The normalized spacial score (nSPS) is 11.9. The van der Waals surface area contributed by atoms with Crippen molar-refractivity contribution in [2.45, 2.75) is 6.10 Å². The summed E-state index contributed by atoms with van der Waals surface area (Å²) >= 11 is 0. The van der Waals surface area contributed by atoms with Crippen molar-refractivity contribution in [2.24, 2.45) is 5.73 Å². The number of amides is 1. The average Bonchev–Trinajstić information content (AvgIpc) is 2.41. The molecule has 7 nitrogen and oxygen atoms in total. The van der Waals surface area contributed by atoms with Crippen molar-refractivity contribution in [3.05, 3.63) is 24.3 Å². The van der Waals surface area contributed by atoms with E-state index < -0.39 is 12.0 Å². The van der Waals surface area contributed by atoms with Crippen molar-refractivity contribution < 1.29 is 24.2 Å². The minimum atomic E-state index is -0.779. The number of rotatable bonds is 9. The zero-order valence-electron chi connectivity index (χ0n) is 10.7. The Morgan fingerprint density at radius 2 is 2.21 bits per heavy atom. The van der Waals surface area contributed by atoms with E-state index >= 15 is 0 Å². The van der Waals surface area contributed by atoms with Crippen LogP contribution in [0.1, 0.15) is 0 Å². The minimum Gasteiger partial charge on any atom is -0.497 e. The third kappa shape index (κ3) is 6.61. The topological polar surface area (TPSA) is 103 Å². The minimum absolute atomic E-state index is 0.0834. The summed E-state index contributed by atoms with van der Waals surface area (Å²) in [6, 6.07) is 7.05. The predicted octanol–water partition coefficient (Wildman–Crippen LogP) is -0.559. The fourth-order valence-corrected chi connectivity index (χ4v) is 1.22. The molecule has 1 aromatic carbocycles. The summed E-state index contributed by atoms with van der Waals surface area (Å²) in [6.07, 6.45) is -0.779. The Hall–Kier alpha value is -1.83. The lowest BCUT2D eigenvalue weighted by atomic mass is 10.3. The van der Waals surface area contributed by atoms with Gasteiger partial charge in [-0.15, -0.1) is 0 Å². The molecule has 0 saturated heterocycles. The van der Waals surface area contributed by atoms with Crippen LogP contribution in [0.2, 0.25) is 0 Å². The van der Waals surface area contributed by atoms with E-state index in [4.69, 9.17) is 20.0 Å². The van der Waals surface area contributed by atoms with E-state index in [1.165, 1.54) is 0 Å². The van der Waals surface area contributed by atoms with Gasteiger partial charge < -0.3 is 20.3 Å². The smallest absolute Gasteiger partial charge is 0.245 e. The van der Waals surface area contributed by atoms with Crippen LogP contribution in [-0.4, -0.2) is 44.0 Å². The molecular weight excluding hydrogens is 252 g/mol. The average molecular weight is 270 g/mol. The Labute approximate surface area is 111 Å². The number of hydrogen-bond donors (Lipinski definition) is 3. The Morgan fingerprint density at radius 3 is 2.89 bits per heavy atom. The molecule has 0 fully saturated rings. The largest absolute Gasteiger partial charge is 0.497 e. The van der Waals surface area contributed by atoms with Crippen molar-refractivity contribution in [1.29, 1.82) is 0 Å². The van der Waals surface area contributed by atoms with Crippen molar-refractivity contribution in [1.82, 2.24) is 5.48 Å². The van der Waals surface area contributed by atoms with E-state index in [9.17, 15) is 9.90 Å². The molecule has 0 aromatic heterocycles. The number of hydrogen-bond acceptors (Lipinski definition) is 6. The summed E-state index contributed by atoms with van der Waals surface area (Å²) in [5.74, 6) is 0.681. The molecule has 7 heteroatoms. The van der Waals surface area contributed by atoms with Crippen LogP contribution in [0.25, 0.3) is 0 Å². The lowest BCUT2D eigenvalue weighted by Gasteiger charge is -2.13. The Kier molecular flexibility index (Phi) is 6.65. The Balaban J connectivity index is 2.21. The van der Waals surface area contributed by atoms with Gasteiger partial charge in [0.05, 0.1) is 13.7 Å². The SMILES string of the molecule is COc1cccc(OCC(O)CNOCC(N)=O)c1. The van der Waals surface area contributed by atoms with Crippen LogP contribution in [0.15, 0.2) is 24.3 Å². The van der Waals surface area contributed by atoms with Gasteiger partial charge in [0.2, 0.25) is 5.91 Å². The van der Waals surface area contributed by atoms with Crippen molar-refractivity contribution in [3.63, 3.8) is 0 Å². The van der Waals surface area contributed by atoms with Crippen LogP contribution >= 0.6 is 0 Å². The number of ether oxygens (including phenoxy) is 2. The van der Waals surface area contributed by atoms with Gasteiger partial charge in [0.15, 0.2) is 0 Å². The van der Waals surface area contributed by atoms with Gasteiger partial charge in [-0.1, -0.05) is 6.07 Å². The highest BCUT2D eigenvalue weighted by molar-refractivity contribution is 5.74. The molecule has 1 amide bonds. The maximum absolute atomic E-state index is 10.4. The molecule has 0 spiro atoms. The number of hydroxylamine groups is 1. The maximum atomic E-state index is 10.4. The van der Waals surface area contributed by atoms with Crippen LogP contribution in [-0.2, 0) is 9.63 Å². The lowest BCUT2D eigenvalue weighted by molar-refractivity contribution is -0.125. The molecule has 0 aliphatic carbocycles. The number of methoxy groups -OCH3 is 1. The summed E-state index contributed by atoms with van der Waals surface area (Å²) in [4.78, 5) is 15.1. The number of nitrogens with one attached hydrogen (secondary N) is 1. The third-order valence-electron chi connectivity index (χ3n) is 2.12. The van der Waals surface area contributed by atoms with E-state index in [0.717, 1.165) is 0 Å². The summed E-state index contributed by atoms with van der Waals surface area (Å²) in [5, 5.41) is 9.59. The van der Waals surface area contributed by atoms with Gasteiger partial charge in [-0.2, -0.15) is 5.48 Å². The highest BCUT2D eigenvalue weighted by atomic mass is 16.6. The molecule has 4 N–H and O–H groups in total. The highest BCUT2D eigenvalue weighted by Gasteiger charge is 2.06. The van der Waals surface area contributed by atoms with Gasteiger partial charge >= 0.3 is 0 Å². The lowest BCUT2D eigenvalue weighted by Crippen LogP contribution is -2.33. The van der Waals surface area contributed by atoms with Crippen molar-refractivity contribution >= 4 is 5.91 Å². The molecule has 0 radical (unpaired) electrons. The molecule has 0 saturated carbocycles. The van der Waals surface area contributed by atoms with Gasteiger partial charge in [-0.05, 0) is 12.1 Å². The molecule has 1 atom stereocenters. The third-order valence-corrected chi connectivity index (χ3v) is 2.12. The molecule has 1 rings (SSSR count). The van der Waals surface area contributed by atoms with Gasteiger partial charge in [0.25, 0.3) is 0 Å². The second kappa shape index (κ2) is 8.30. The van der Waals surface area contributed by atoms with E-state index in [2.05, 4.69) is 5.48 Å². The fourth-order valence-electron chi connectivity index (χ4n) is 1.22. The van der Waals surface area contributed by atoms with Gasteiger partial charge in [-0.25, -0.2) is 0 Å². The molecule has 0 bridgehead atoms. The number of aliphatic hydroxyl groups is 1. The molecule has 0 heterocycles. The van der Waals surface area contributed by atoms with Crippen LogP contribution in [0.3, 0.4) is 0 Å². The first kappa shape index (κ1) is 15.2. The van der Waals surface area contributed by atoms with Gasteiger partial charge in [0, 0.05) is 6.07 Å². The molecule has 0 aliphatic rings. The summed E-state index contributed by atoms with van der Waals surface area (Å²) in [7, 11) is 1.56. The molecular formula is C12H18N2O5. The number of aliphatic hydroxyl groups excluding tert-OH is 1. The zero-order chi connectivity index (χ0) is 14.1. The summed E-state index contributed by atoms with van der Waals surface area (Å²) in [5.41, 5.74) is 7.29. The highest BCUT2D eigenvalue weighted by Crippen LogP contribution is 2.18. The second-order valence-corrected chi connectivity index (χ2v) is 3.75. The first-order valence-corrected chi connectivity index (χ1v) is 5.69. The predicted molar refractivity (Wildman–Crippen MR) is 67.6 cm³/mol. The quantitative estimate of drug-likeness (QED) is 0.410. The zero-order valence-corrected chi connectivity index (χ0v) is 10.7. The Morgan fingerprint density at radius 1 is 1.47 bits per heavy atom. The standard InChI is InChI=1S/C12H18N2O5/c1-17-10-3-2-4-11(5-10)18-7-9(15)6-14-19-8-12(13)16/h2-5,9,14-15H,6-8H2,1H3,(H2,13,16). The first-order chi connectivity index (χ1) is 9.11. The number of carbonyl (C=O) groups excluding carboxylic acids is 1. The van der Waals surface area contributed by atoms with Crippen LogP contribution in [0.5, 0.6) is 11.5 Å². The summed E-state index contributed by atoms with van der Waals surface area (Å²) < 4.78 is 10.4. The van der Waals surface area contributed by atoms with E-state index in [1.807, 2.05) is 0 Å². The Bertz CT molecular complexity index is 399. The summed E-state index contributed by atoms with van der Waals surface area (Å²) in [6.45, 7) is -0.0409. The van der Waals surface area contributed by atoms with Crippen molar-refractivity contribution in [2.75, 3.05) is 26.9 Å². The number of primary amides is 1. The first-order valence-electron chi connectivity index (χ1n) is 5.69. The van der Waals surface area contributed by atoms with Gasteiger partial charge in [0.1, 0.15) is 30.8 Å². The number of carbonyl (C=O) groups is 1. The number of benzene rings is 1. The fraction of sp³-hybridized carbons (Fsp3) is 0.417. The van der Waals surface area contributed by atoms with Gasteiger partial charge in [-0.3, -0.25) is 9.63 Å². The van der Waals surface area contributed by atoms with Crippen LogP contribution in [0.4, 0.5) is 0 Å². The molecule has 106 valence electrons. The molecule has 19 heavy (non-hydrogen) atoms. The van der Waals surface area contributed by atoms with E-state index in [-0.39, 0.29) is 19.8 Å². The maximum Gasteiger partial charge on any atom is 0.245 e. The van der Waals surface area contributed by atoms with E-state index in [0.29, 0.717) is 11.5 Å². The van der Waals surface area contributed by atoms with Crippen molar-refractivity contribution in [3.8, 4) is 11.5 Å². The molecule has 1 unspecified atom stereocenters. The second-order valence-electron chi connectivity index (χ2n) is 3.75. The van der Waals surface area contributed by atoms with E-state index in [1.54, 1.807) is 31.4 Å². The monoisotopic (exact) mass is 270 g/mol. The van der Waals surface area contributed by atoms with Crippen LogP contribution < -0.4 is 20.7 Å². The van der Waals surface area contributed by atoms with Crippen LogP contribution in [0, 0.1) is 0 Å². The molecule has 0 aliphatic heterocycles. The molecule has 1 aromatic rings.